The van der Waals surface area contributed by atoms with Crippen LogP contribution in [0, 0.1) is 0 Å². The SMILES string of the molecule is Cn1nnc(NC(=O)c2cnc(Cl)c3ccccc23)n1. The van der Waals surface area contributed by atoms with Gasteiger partial charge in [0.1, 0.15) is 5.15 Å². The molecule has 0 spiro atoms. The lowest BCUT2D eigenvalue weighted by molar-refractivity contribution is 0.102. The van der Waals surface area contributed by atoms with Gasteiger partial charge in [-0.2, -0.15) is 4.80 Å². The van der Waals surface area contributed by atoms with Crippen LogP contribution in [0.3, 0.4) is 0 Å². The number of tetrazole rings is 1. The highest BCUT2D eigenvalue weighted by Gasteiger charge is 2.14. The van der Waals surface area contributed by atoms with E-state index in [1.165, 1.54) is 11.0 Å². The van der Waals surface area contributed by atoms with E-state index in [0.717, 1.165) is 0 Å². The van der Waals surface area contributed by atoms with Crippen LogP contribution < -0.4 is 5.32 Å². The van der Waals surface area contributed by atoms with Gasteiger partial charge in [-0.1, -0.05) is 41.0 Å². The average molecular weight is 289 g/mol. The van der Waals surface area contributed by atoms with Gasteiger partial charge >= 0.3 is 0 Å². The molecular weight excluding hydrogens is 280 g/mol. The lowest BCUT2D eigenvalue weighted by Crippen LogP contribution is -2.14. The monoisotopic (exact) mass is 288 g/mol. The zero-order valence-electron chi connectivity index (χ0n) is 10.4. The van der Waals surface area contributed by atoms with Crippen molar-refractivity contribution < 1.29 is 4.79 Å². The summed E-state index contributed by atoms with van der Waals surface area (Å²) in [6.07, 6.45) is 1.43. The van der Waals surface area contributed by atoms with Gasteiger partial charge < -0.3 is 0 Å². The molecule has 100 valence electrons. The number of aromatic nitrogens is 5. The number of carbonyl (C=O) groups excluding carboxylic acids is 1. The summed E-state index contributed by atoms with van der Waals surface area (Å²) in [5.74, 6) is -0.227. The van der Waals surface area contributed by atoms with Crippen molar-refractivity contribution in [1.29, 1.82) is 0 Å². The van der Waals surface area contributed by atoms with Crippen LogP contribution in [0.15, 0.2) is 30.5 Å². The van der Waals surface area contributed by atoms with E-state index in [1.54, 1.807) is 7.05 Å². The first-order valence-electron chi connectivity index (χ1n) is 5.74. The molecule has 7 nitrogen and oxygen atoms in total. The molecule has 0 saturated heterocycles. The molecule has 3 aromatic rings. The highest BCUT2D eigenvalue weighted by Crippen LogP contribution is 2.24. The number of amides is 1. The number of anilines is 1. The summed E-state index contributed by atoms with van der Waals surface area (Å²) >= 11 is 6.02. The first-order valence-corrected chi connectivity index (χ1v) is 6.11. The maximum Gasteiger partial charge on any atom is 0.270 e. The molecular formula is C12H9ClN6O. The number of pyridine rings is 1. The van der Waals surface area contributed by atoms with Crippen molar-refractivity contribution in [3.8, 4) is 0 Å². The number of nitrogens with one attached hydrogen (secondary N) is 1. The standard InChI is InChI=1S/C12H9ClN6O/c1-19-17-12(16-18-19)15-11(20)9-6-14-10(13)8-5-3-2-4-7(8)9/h2-6H,1H3,(H,15,17,20). The number of halogens is 1. The molecule has 0 saturated carbocycles. The van der Waals surface area contributed by atoms with Crippen molar-refractivity contribution in [3.05, 3.63) is 41.2 Å². The van der Waals surface area contributed by atoms with Crippen LogP contribution in [0.1, 0.15) is 10.4 Å². The molecule has 0 radical (unpaired) electrons. The third kappa shape index (κ3) is 2.19. The number of hydrogen-bond acceptors (Lipinski definition) is 5. The minimum absolute atomic E-state index is 0.136. The van der Waals surface area contributed by atoms with Crippen LogP contribution in [-0.2, 0) is 7.05 Å². The van der Waals surface area contributed by atoms with Gasteiger partial charge in [0.05, 0.1) is 12.6 Å². The molecule has 20 heavy (non-hydrogen) atoms. The van der Waals surface area contributed by atoms with E-state index in [2.05, 4.69) is 25.7 Å². The van der Waals surface area contributed by atoms with Crippen LogP contribution in [0.5, 0.6) is 0 Å². The molecule has 1 N–H and O–H groups in total. The molecule has 2 heterocycles. The van der Waals surface area contributed by atoms with Crippen molar-refractivity contribution >= 4 is 34.2 Å². The summed E-state index contributed by atoms with van der Waals surface area (Å²) in [6.45, 7) is 0. The Morgan fingerprint density at radius 2 is 2.05 bits per heavy atom. The molecule has 0 aliphatic carbocycles. The summed E-state index contributed by atoms with van der Waals surface area (Å²) in [7, 11) is 1.61. The Balaban J connectivity index is 2.01. The summed E-state index contributed by atoms with van der Waals surface area (Å²) in [4.78, 5) is 17.5. The molecule has 0 fully saturated rings. The maximum absolute atomic E-state index is 12.2. The molecule has 0 unspecified atom stereocenters. The smallest absolute Gasteiger partial charge is 0.270 e. The Kier molecular flexibility index (Phi) is 3.03. The number of nitrogens with zero attached hydrogens (tertiary/aromatic N) is 5. The van der Waals surface area contributed by atoms with E-state index in [-0.39, 0.29) is 11.9 Å². The molecule has 0 atom stereocenters. The summed E-state index contributed by atoms with van der Waals surface area (Å²) in [5, 5.41) is 15.6. The van der Waals surface area contributed by atoms with Gasteiger partial charge in [-0.05, 0) is 10.6 Å². The second kappa shape index (κ2) is 4.86. The molecule has 3 rings (SSSR count). The Bertz CT molecular complexity index is 799. The van der Waals surface area contributed by atoms with Crippen LogP contribution >= 0.6 is 11.6 Å². The Morgan fingerprint density at radius 1 is 1.30 bits per heavy atom. The largest absolute Gasteiger partial charge is 0.288 e. The Hall–Kier alpha value is -2.54. The molecule has 0 aliphatic heterocycles. The minimum atomic E-state index is -0.363. The average Bonchev–Trinajstić information content (AvgIpc) is 2.84. The number of rotatable bonds is 2. The molecule has 2 aromatic heterocycles. The zero-order valence-corrected chi connectivity index (χ0v) is 11.2. The topological polar surface area (TPSA) is 85.6 Å². The van der Waals surface area contributed by atoms with Gasteiger partial charge in [-0.3, -0.25) is 10.1 Å². The van der Waals surface area contributed by atoms with E-state index >= 15 is 0 Å². The number of fused-ring (bicyclic) bond motifs is 1. The van der Waals surface area contributed by atoms with E-state index in [0.29, 0.717) is 21.5 Å². The van der Waals surface area contributed by atoms with Crippen LogP contribution in [0.2, 0.25) is 5.15 Å². The lowest BCUT2D eigenvalue weighted by Gasteiger charge is -2.06. The summed E-state index contributed by atoms with van der Waals surface area (Å²) in [5.41, 5.74) is 0.400. The predicted molar refractivity (Wildman–Crippen MR) is 73.5 cm³/mol. The van der Waals surface area contributed by atoms with E-state index in [1.807, 2.05) is 24.3 Å². The Labute approximate surface area is 118 Å². The number of benzene rings is 1. The van der Waals surface area contributed by atoms with Crippen LogP contribution in [0.4, 0.5) is 5.95 Å². The molecule has 1 amide bonds. The van der Waals surface area contributed by atoms with Crippen LogP contribution in [-0.4, -0.2) is 31.1 Å². The fourth-order valence-corrected chi connectivity index (χ4v) is 2.06. The van der Waals surface area contributed by atoms with E-state index in [4.69, 9.17) is 11.6 Å². The first-order chi connectivity index (χ1) is 9.65. The number of aryl methyl sites for hydroxylation is 1. The van der Waals surface area contributed by atoms with Gasteiger partial charge in [0, 0.05) is 11.6 Å². The van der Waals surface area contributed by atoms with Gasteiger partial charge in [-0.15, -0.1) is 5.10 Å². The van der Waals surface area contributed by atoms with Gasteiger partial charge in [0.2, 0.25) is 0 Å². The molecule has 8 heteroatoms. The quantitative estimate of drug-likeness (QED) is 0.725. The fraction of sp³-hybridized carbons (Fsp3) is 0.0833. The van der Waals surface area contributed by atoms with Crippen molar-refractivity contribution in [1.82, 2.24) is 25.2 Å². The van der Waals surface area contributed by atoms with Crippen molar-refractivity contribution in [2.75, 3.05) is 5.32 Å². The normalized spacial score (nSPS) is 10.7. The van der Waals surface area contributed by atoms with E-state index in [9.17, 15) is 4.79 Å². The third-order valence-corrected chi connectivity index (χ3v) is 3.03. The van der Waals surface area contributed by atoms with Crippen molar-refractivity contribution in [3.63, 3.8) is 0 Å². The van der Waals surface area contributed by atoms with Gasteiger partial charge in [0.15, 0.2) is 0 Å². The summed E-state index contributed by atoms with van der Waals surface area (Å²) < 4.78 is 0. The first kappa shape index (κ1) is 12.5. The minimum Gasteiger partial charge on any atom is -0.288 e. The van der Waals surface area contributed by atoms with Gasteiger partial charge in [-0.25, -0.2) is 4.98 Å². The summed E-state index contributed by atoms with van der Waals surface area (Å²) in [6, 6.07) is 7.28. The lowest BCUT2D eigenvalue weighted by atomic mass is 10.1. The Morgan fingerprint density at radius 3 is 2.75 bits per heavy atom. The second-order valence-electron chi connectivity index (χ2n) is 4.06. The molecule has 0 bridgehead atoms. The molecule has 1 aromatic carbocycles. The van der Waals surface area contributed by atoms with Crippen molar-refractivity contribution in [2.24, 2.45) is 7.05 Å². The fourth-order valence-electron chi connectivity index (χ4n) is 1.84. The van der Waals surface area contributed by atoms with Gasteiger partial charge in [0.25, 0.3) is 11.9 Å². The number of carbonyl (C=O) groups is 1. The predicted octanol–water partition coefficient (Wildman–Crippen LogP) is 1.66. The maximum atomic E-state index is 12.2. The second-order valence-corrected chi connectivity index (χ2v) is 4.42. The number of hydrogen-bond donors (Lipinski definition) is 1. The highest BCUT2D eigenvalue weighted by molar-refractivity contribution is 6.35. The van der Waals surface area contributed by atoms with E-state index < -0.39 is 0 Å². The van der Waals surface area contributed by atoms with Crippen molar-refractivity contribution in [2.45, 2.75) is 0 Å². The van der Waals surface area contributed by atoms with Crippen LogP contribution in [0.25, 0.3) is 10.8 Å². The molecule has 0 aliphatic rings. The zero-order chi connectivity index (χ0) is 14.1. The highest BCUT2D eigenvalue weighted by atomic mass is 35.5. The third-order valence-electron chi connectivity index (χ3n) is 2.72.